The van der Waals surface area contributed by atoms with Crippen molar-refractivity contribution in [2.24, 2.45) is 0 Å². The quantitative estimate of drug-likeness (QED) is 0.743. The van der Waals surface area contributed by atoms with Crippen molar-refractivity contribution in [2.45, 2.75) is 13.2 Å². The molecule has 2 aromatic heterocycles. The summed E-state index contributed by atoms with van der Waals surface area (Å²) in [5.74, 6) is -0.573. The predicted octanol–water partition coefficient (Wildman–Crippen LogP) is 3.53. The number of nitrogens with one attached hydrogen (secondary N) is 1. The van der Waals surface area contributed by atoms with Crippen molar-refractivity contribution in [1.82, 2.24) is 9.55 Å². The average Bonchev–Trinajstić information content (AvgIpc) is 3.19. The maximum Gasteiger partial charge on any atom is 0.274 e. The molecule has 0 spiro atoms. The molecule has 2 heterocycles. The molecule has 0 fully saturated rings. The number of aromatic nitrogens is 2. The van der Waals surface area contributed by atoms with Gasteiger partial charge in [0.1, 0.15) is 11.5 Å². The van der Waals surface area contributed by atoms with Gasteiger partial charge >= 0.3 is 0 Å². The topological polar surface area (TPSA) is 56.1 Å². The standard InChI is InChI=1S/C17H16FN3O2S/c1-23-11-13-9-19-17(24-13)20-16(22)15-7-4-8-21(15)10-12-5-2-3-6-14(12)18/h2-9H,10-11H2,1H3,(H,19,20,22). The van der Waals surface area contributed by atoms with Gasteiger partial charge in [0.15, 0.2) is 5.13 Å². The molecule has 0 unspecified atom stereocenters. The highest BCUT2D eigenvalue weighted by atomic mass is 32.1. The van der Waals surface area contributed by atoms with E-state index in [4.69, 9.17) is 4.74 Å². The minimum absolute atomic E-state index is 0.283. The zero-order chi connectivity index (χ0) is 16.9. The summed E-state index contributed by atoms with van der Waals surface area (Å²) in [5, 5.41) is 3.27. The highest BCUT2D eigenvalue weighted by molar-refractivity contribution is 7.15. The van der Waals surface area contributed by atoms with E-state index in [-0.39, 0.29) is 18.3 Å². The van der Waals surface area contributed by atoms with Crippen LogP contribution in [0.15, 0.2) is 48.8 Å². The second-order valence-corrected chi connectivity index (χ2v) is 6.25. The molecule has 24 heavy (non-hydrogen) atoms. The second-order valence-electron chi connectivity index (χ2n) is 5.13. The minimum Gasteiger partial charge on any atom is -0.379 e. The Morgan fingerprint density at radius 3 is 2.96 bits per heavy atom. The van der Waals surface area contributed by atoms with Gasteiger partial charge < -0.3 is 9.30 Å². The Labute approximate surface area is 142 Å². The molecule has 1 N–H and O–H groups in total. The van der Waals surface area contributed by atoms with Gasteiger partial charge in [0.25, 0.3) is 5.91 Å². The molecule has 1 amide bonds. The molecule has 0 aliphatic heterocycles. The molecule has 0 atom stereocenters. The van der Waals surface area contributed by atoms with E-state index in [9.17, 15) is 9.18 Å². The van der Waals surface area contributed by atoms with Gasteiger partial charge in [-0.2, -0.15) is 0 Å². The highest BCUT2D eigenvalue weighted by Gasteiger charge is 2.14. The molecule has 3 aromatic rings. The fourth-order valence-corrected chi connectivity index (χ4v) is 3.08. The summed E-state index contributed by atoms with van der Waals surface area (Å²) in [6.07, 6.45) is 3.42. The Balaban J connectivity index is 1.74. The van der Waals surface area contributed by atoms with Gasteiger partial charge in [-0.1, -0.05) is 29.5 Å². The largest absolute Gasteiger partial charge is 0.379 e. The monoisotopic (exact) mass is 345 g/mol. The SMILES string of the molecule is COCc1cnc(NC(=O)c2cccn2Cc2ccccc2F)s1. The smallest absolute Gasteiger partial charge is 0.274 e. The van der Waals surface area contributed by atoms with Crippen molar-refractivity contribution in [3.63, 3.8) is 0 Å². The number of halogens is 1. The Bertz CT molecular complexity index is 844. The van der Waals surface area contributed by atoms with E-state index >= 15 is 0 Å². The lowest BCUT2D eigenvalue weighted by Crippen LogP contribution is -2.17. The summed E-state index contributed by atoms with van der Waals surface area (Å²) < 4.78 is 20.5. The number of amides is 1. The summed E-state index contributed by atoms with van der Waals surface area (Å²) in [6, 6.07) is 9.98. The molecule has 124 valence electrons. The molecule has 0 saturated heterocycles. The van der Waals surface area contributed by atoms with E-state index in [0.29, 0.717) is 23.0 Å². The molecule has 7 heteroatoms. The highest BCUT2D eigenvalue weighted by Crippen LogP contribution is 2.20. The molecule has 5 nitrogen and oxygen atoms in total. The number of carbonyl (C=O) groups excluding carboxylic acids is 1. The molecule has 0 saturated carbocycles. The fraction of sp³-hybridized carbons (Fsp3) is 0.176. The van der Waals surface area contributed by atoms with Gasteiger partial charge in [-0.15, -0.1) is 0 Å². The molecule has 0 aliphatic rings. The summed E-state index contributed by atoms with van der Waals surface area (Å²) in [7, 11) is 1.60. The summed E-state index contributed by atoms with van der Waals surface area (Å²) in [5.41, 5.74) is 0.973. The van der Waals surface area contributed by atoms with Crippen molar-refractivity contribution in [2.75, 3.05) is 12.4 Å². The maximum atomic E-state index is 13.8. The molecular weight excluding hydrogens is 329 g/mol. The Kier molecular flexibility index (Phi) is 5.02. The summed E-state index contributed by atoms with van der Waals surface area (Å²) >= 11 is 1.36. The molecule has 1 aromatic carbocycles. The van der Waals surface area contributed by atoms with Crippen LogP contribution in [0.3, 0.4) is 0 Å². The van der Waals surface area contributed by atoms with Crippen LogP contribution in [0.5, 0.6) is 0 Å². The summed E-state index contributed by atoms with van der Waals surface area (Å²) in [6.45, 7) is 0.742. The van der Waals surface area contributed by atoms with E-state index in [2.05, 4.69) is 10.3 Å². The molecule has 0 radical (unpaired) electrons. The van der Waals surface area contributed by atoms with Crippen molar-refractivity contribution >= 4 is 22.4 Å². The van der Waals surface area contributed by atoms with Crippen LogP contribution in [-0.2, 0) is 17.9 Å². The van der Waals surface area contributed by atoms with Gasteiger partial charge in [-0.3, -0.25) is 10.1 Å². The Hall–Kier alpha value is -2.51. The van der Waals surface area contributed by atoms with Crippen LogP contribution in [0.25, 0.3) is 0 Å². The third kappa shape index (κ3) is 3.69. The zero-order valence-corrected chi connectivity index (χ0v) is 13.8. The molecule has 0 bridgehead atoms. The number of thiazole rings is 1. The van der Waals surface area contributed by atoms with Crippen LogP contribution in [0.1, 0.15) is 20.9 Å². The van der Waals surface area contributed by atoms with Gasteiger partial charge in [-0.05, 0) is 18.2 Å². The number of anilines is 1. The lowest BCUT2D eigenvalue weighted by molar-refractivity contribution is 0.101. The van der Waals surface area contributed by atoms with Gasteiger partial charge in [0.05, 0.1) is 18.0 Å². The number of nitrogens with zero attached hydrogens (tertiary/aromatic N) is 2. The number of rotatable bonds is 6. The van der Waals surface area contributed by atoms with E-state index in [1.807, 2.05) is 0 Å². The lowest BCUT2D eigenvalue weighted by atomic mass is 10.2. The van der Waals surface area contributed by atoms with E-state index in [0.717, 1.165) is 4.88 Å². The van der Waals surface area contributed by atoms with Crippen molar-refractivity contribution in [3.8, 4) is 0 Å². The van der Waals surface area contributed by atoms with Crippen LogP contribution < -0.4 is 5.32 Å². The first-order valence-electron chi connectivity index (χ1n) is 7.31. The van der Waals surface area contributed by atoms with Crippen LogP contribution in [0, 0.1) is 5.82 Å². The first-order valence-corrected chi connectivity index (χ1v) is 8.12. The third-order valence-electron chi connectivity index (χ3n) is 3.42. The number of carbonyl (C=O) groups is 1. The van der Waals surface area contributed by atoms with Gasteiger partial charge in [-0.25, -0.2) is 9.37 Å². The first kappa shape index (κ1) is 16.4. The van der Waals surface area contributed by atoms with Gasteiger partial charge in [0.2, 0.25) is 0 Å². The van der Waals surface area contributed by atoms with Gasteiger partial charge in [0, 0.05) is 25.1 Å². The van der Waals surface area contributed by atoms with Crippen LogP contribution in [0.2, 0.25) is 0 Å². The number of hydrogen-bond acceptors (Lipinski definition) is 4. The second kappa shape index (κ2) is 7.37. The van der Waals surface area contributed by atoms with Crippen LogP contribution in [0.4, 0.5) is 9.52 Å². The average molecular weight is 345 g/mol. The molecule has 3 rings (SSSR count). The van der Waals surface area contributed by atoms with Crippen LogP contribution in [-0.4, -0.2) is 22.6 Å². The predicted molar refractivity (Wildman–Crippen MR) is 90.7 cm³/mol. The van der Waals surface area contributed by atoms with Crippen molar-refractivity contribution in [1.29, 1.82) is 0 Å². The number of methoxy groups -OCH3 is 1. The number of benzene rings is 1. The van der Waals surface area contributed by atoms with Crippen molar-refractivity contribution in [3.05, 3.63) is 70.7 Å². The normalized spacial score (nSPS) is 10.8. The van der Waals surface area contributed by atoms with Crippen molar-refractivity contribution < 1.29 is 13.9 Å². The third-order valence-corrected chi connectivity index (χ3v) is 4.31. The van der Waals surface area contributed by atoms with Crippen LogP contribution >= 0.6 is 11.3 Å². The Morgan fingerprint density at radius 2 is 2.17 bits per heavy atom. The minimum atomic E-state index is -0.290. The van der Waals surface area contributed by atoms with E-state index < -0.39 is 0 Å². The lowest BCUT2D eigenvalue weighted by Gasteiger charge is -2.09. The van der Waals surface area contributed by atoms with E-state index in [1.165, 1.54) is 17.4 Å². The fourth-order valence-electron chi connectivity index (χ4n) is 2.30. The maximum absolute atomic E-state index is 13.8. The summed E-state index contributed by atoms with van der Waals surface area (Å²) in [4.78, 5) is 17.5. The molecular formula is C17H16FN3O2S. The van der Waals surface area contributed by atoms with E-state index in [1.54, 1.807) is 54.4 Å². The number of ether oxygens (including phenoxy) is 1. The zero-order valence-electron chi connectivity index (χ0n) is 13.0. The number of hydrogen-bond donors (Lipinski definition) is 1. The Morgan fingerprint density at radius 1 is 1.33 bits per heavy atom. The first-order chi connectivity index (χ1) is 11.7. The molecule has 0 aliphatic carbocycles.